The molecule has 5 nitrogen and oxygen atoms in total. The number of nitrogens with zero attached hydrogens (tertiary/aromatic N) is 3. The van der Waals surface area contributed by atoms with E-state index in [0.717, 1.165) is 33.0 Å². The second-order valence-electron chi connectivity index (χ2n) is 6.38. The van der Waals surface area contributed by atoms with Crippen LogP contribution >= 0.6 is 11.5 Å². The van der Waals surface area contributed by atoms with E-state index in [1.807, 2.05) is 43.5 Å². The minimum Gasteiger partial charge on any atom is -0.462 e. The zero-order chi connectivity index (χ0) is 18.7. The predicted molar refractivity (Wildman–Crippen MR) is 110 cm³/mol. The number of hydrogen-bond acceptors (Lipinski definition) is 6. The van der Waals surface area contributed by atoms with Crippen molar-refractivity contribution in [2.75, 3.05) is 6.61 Å². The fourth-order valence-electron chi connectivity index (χ4n) is 2.65. The molecule has 0 amide bonds. The van der Waals surface area contributed by atoms with Crippen molar-refractivity contribution in [3.63, 3.8) is 0 Å². The smallest absolute Gasteiger partial charge is 0.338 e. The standard InChI is InChI=1S/C20H21N3O2S.CH4/c1-5-25-20(24)16-9-14(17-7-6-13(4)11-21-17)8-15(10-16)19-18(12(2)3)22-23-26-19;/h6-12H,5H2,1-4H3;1H4. The summed E-state index contributed by atoms with van der Waals surface area (Å²) >= 11 is 1.34. The number of rotatable bonds is 5. The topological polar surface area (TPSA) is 65.0 Å². The minimum absolute atomic E-state index is 0. The number of carbonyl (C=O) groups excluding carboxylic acids is 1. The Balaban J connectivity index is 0.00000261. The second-order valence-corrected chi connectivity index (χ2v) is 7.14. The number of hydrogen-bond donors (Lipinski definition) is 0. The molecule has 0 unspecified atom stereocenters. The van der Waals surface area contributed by atoms with Gasteiger partial charge < -0.3 is 4.74 Å². The molecular formula is C21H25N3O2S. The molecule has 0 fully saturated rings. The Hall–Kier alpha value is -2.60. The lowest BCUT2D eigenvalue weighted by molar-refractivity contribution is 0.0526. The van der Waals surface area contributed by atoms with E-state index in [9.17, 15) is 4.79 Å². The SMILES string of the molecule is C.CCOC(=O)c1cc(-c2ccc(C)cn2)cc(-c2snnc2C(C)C)c1. The zero-order valence-corrected chi connectivity index (χ0v) is 16.1. The number of esters is 1. The molecular weight excluding hydrogens is 358 g/mol. The van der Waals surface area contributed by atoms with Crippen LogP contribution in [0.15, 0.2) is 36.5 Å². The predicted octanol–water partition coefficient (Wildman–Crippen LogP) is 5.51. The van der Waals surface area contributed by atoms with Crippen molar-refractivity contribution in [2.24, 2.45) is 0 Å². The lowest BCUT2D eigenvalue weighted by atomic mass is 9.99. The molecule has 0 N–H and O–H groups in total. The van der Waals surface area contributed by atoms with Crippen LogP contribution in [-0.2, 0) is 4.74 Å². The van der Waals surface area contributed by atoms with E-state index in [0.29, 0.717) is 12.2 Å². The molecule has 142 valence electrons. The van der Waals surface area contributed by atoms with E-state index in [-0.39, 0.29) is 19.3 Å². The van der Waals surface area contributed by atoms with Gasteiger partial charge in [0.05, 0.1) is 28.4 Å². The van der Waals surface area contributed by atoms with E-state index in [1.54, 1.807) is 6.92 Å². The Morgan fingerprint density at radius 2 is 1.93 bits per heavy atom. The van der Waals surface area contributed by atoms with Crippen molar-refractivity contribution in [3.8, 4) is 21.7 Å². The van der Waals surface area contributed by atoms with Gasteiger partial charge in [0.1, 0.15) is 0 Å². The molecule has 0 aliphatic carbocycles. The first-order chi connectivity index (χ1) is 12.5. The largest absolute Gasteiger partial charge is 0.462 e. The average molecular weight is 384 g/mol. The van der Waals surface area contributed by atoms with Crippen LogP contribution in [0.2, 0.25) is 0 Å². The molecule has 3 rings (SSSR count). The van der Waals surface area contributed by atoms with Gasteiger partial charge in [-0.15, -0.1) is 5.10 Å². The van der Waals surface area contributed by atoms with Crippen LogP contribution in [0.4, 0.5) is 0 Å². The molecule has 0 aliphatic heterocycles. The normalized spacial score (nSPS) is 10.6. The summed E-state index contributed by atoms with van der Waals surface area (Å²) < 4.78 is 9.31. The maximum Gasteiger partial charge on any atom is 0.338 e. The Kier molecular flexibility index (Phi) is 6.80. The number of benzene rings is 1. The summed E-state index contributed by atoms with van der Waals surface area (Å²) in [6.07, 6.45) is 1.82. The highest BCUT2D eigenvalue weighted by atomic mass is 32.1. The summed E-state index contributed by atoms with van der Waals surface area (Å²) in [7, 11) is 0. The lowest BCUT2D eigenvalue weighted by Gasteiger charge is -2.10. The summed E-state index contributed by atoms with van der Waals surface area (Å²) in [6, 6.07) is 9.66. The fourth-order valence-corrected chi connectivity index (χ4v) is 3.46. The number of aryl methyl sites for hydroxylation is 1. The molecule has 0 atom stereocenters. The fraction of sp³-hybridized carbons (Fsp3) is 0.333. The molecule has 0 saturated heterocycles. The molecule has 0 bridgehead atoms. The highest BCUT2D eigenvalue weighted by molar-refractivity contribution is 7.09. The van der Waals surface area contributed by atoms with Gasteiger partial charge in [-0.25, -0.2) is 4.79 Å². The van der Waals surface area contributed by atoms with Crippen LogP contribution in [-0.4, -0.2) is 27.1 Å². The van der Waals surface area contributed by atoms with Crippen LogP contribution in [0.5, 0.6) is 0 Å². The van der Waals surface area contributed by atoms with Crippen LogP contribution < -0.4 is 0 Å². The van der Waals surface area contributed by atoms with Gasteiger partial charge >= 0.3 is 5.97 Å². The molecule has 0 saturated carbocycles. The van der Waals surface area contributed by atoms with Crippen LogP contribution in [0.25, 0.3) is 21.7 Å². The molecule has 3 aromatic rings. The molecule has 27 heavy (non-hydrogen) atoms. The Bertz CT molecular complexity index is 917. The van der Waals surface area contributed by atoms with Crippen molar-refractivity contribution < 1.29 is 9.53 Å². The Morgan fingerprint density at radius 1 is 1.19 bits per heavy atom. The summed E-state index contributed by atoms with van der Waals surface area (Å²) in [5.74, 6) is -0.0952. The van der Waals surface area contributed by atoms with Crippen molar-refractivity contribution in [3.05, 3.63) is 53.3 Å². The third-order valence-electron chi connectivity index (χ3n) is 3.97. The van der Waals surface area contributed by atoms with Crippen LogP contribution in [0.3, 0.4) is 0 Å². The van der Waals surface area contributed by atoms with Gasteiger partial charge in [0.15, 0.2) is 0 Å². The van der Waals surface area contributed by atoms with Crippen LogP contribution in [0.1, 0.15) is 55.7 Å². The summed E-state index contributed by atoms with van der Waals surface area (Å²) in [5, 5.41) is 4.25. The second kappa shape index (κ2) is 8.86. The van der Waals surface area contributed by atoms with E-state index < -0.39 is 0 Å². The molecule has 2 aromatic heterocycles. The third kappa shape index (κ3) is 4.57. The first-order valence-corrected chi connectivity index (χ1v) is 9.34. The van der Waals surface area contributed by atoms with Crippen LogP contribution in [0, 0.1) is 6.92 Å². The van der Waals surface area contributed by atoms with Gasteiger partial charge in [0, 0.05) is 11.8 Å². The van der Waals surface area contributed by atoms with E-state index in [1.165, 1.54) is 11.5 Å². The molecule has 1 aromatic carbocycles. The monoisotopic (exact) mass is 383 g/mol. The van der Waals surface area contributed by atoms with E-state index in [2.05, 4.69) is 28.4 Å². The van der Waals surface area contributed by atoms with E-state index in [4.69, 9.17) is 4.74 Å². The van der Waals surface area contributed by atoms with Gasteiger partial charge in [-0.3, -0.25) is 4.98 Å². The molecule has 0 spiro atoms. The minimum atomic E-state index is -0.341. The number of carbonyl (C=O) groups is 1. The first kappa shape index (κ1) is 20.7. The highest BCUT2D eigenvalue weighted by Gasteiger charge is 2.18. The highest BCUT2D eigenvalue weighted by Crippen LogP contribution is 2.34. The Morgan fingerprint density at radius 3 is 2.56 bits per heavy atom. The quantitative estimate of drug-likeness (QED) is 0.543. The van der Waals surface area contributed by atoms with Gasteiger partial charge in [0.2, 0.25) is 0 Å². The summed E-state index contributed by atoms with van der Waals surface area (Å²) in [6.45, 7) is 8.29. The summed E-state index contributed by atoms with van der Waals surface area (Å²) in [5.41, 5.74) is 5.11. The van der Waals surface area contributed by atoms with Crippen molar-refractivity contribution >= 4 is 17.5 Å². The Labute approximate surface area is 164 Å². The van der Waals surface area contributed by atoms with Gasteiger partial charge in [-0.05, 0) is 66.7 Å². The van der Waals surface area contributed by atoms with E-state index >= 15 is 0 Å². The van der Waals surface area contributed by atoms with Gasteiger partial charge in [-0.1, -0.05) is 31.8 Å². The molecule has 0 radical (unpaired) electrons. The average Bonchev–Trinajstić information content (AvgIpc) is 3.12. The number of ether oxygens (including phenoxy) is 1. The zero-order valence-electron chi connectivity index (χ0n) is 15.3. The first-order valence-electron chi connectivity index (χ1n) is 8.57. The van der Waals surface area contributed by atoms with Gasteiger partial charge in [0.25, 0.3) is 0 Å². The lowest BCUT2D eigenvalue weighted by Crippen LogP contribution is -2.05. The molecule has 0 aliphatic rings. The maximum absolute atomic E-state index is 12.4. The molecule has 2 heterocycles. The van der Waals surface area contributed by atoms with Crippen molar-refractivity contribution in [1.82, 2.24) is 14.6 Å². The number of aromatic nitrogens is 3. The van der Waals surface area contributed by atoms with Gasteiger partial charge in [-0.2, -0.15) is 0 Å². The summed E-state index contributed by atoms with van der Waals surface area (Å²) in [4.78, 5) is 17.8. The molecule has 6 heteroatoms. The number of pyridine rings is 1. The maximum atomic E-state index is 12.4. The van der Waals surface area contributed by atoms with Crippen molar-refractivity contribution in [2.45, 2.75) is 41.0 Å². The van der Waals surface area contributed by atoms with Crippen molar-refractivity contribution in [1.29, 1.82) is 0 Å². The third-order valence-corrected chi connectivity index (χ3v) is 4.76.